The molecule has 0 spiro atoms. The lowest BCUT2D eigenvalue weighted by molar-refractivity contribution is -0.00529. The minimum absolute atomic E-state index is 0.0450. The first kappa shape index (κ1) is 11.4. The van der Waals surface area contributed by atoms with Crippen molar-refractivity contribution in [2.24, 2.45) is 11.8 Å². The number of anilines is 1. The van der Waals surface area contributed by atoms with Crippen LogP contribution in [-0.4, -0.2) is 42.9 Å². The molecule has 7 heteroatoms. The highest BCUT2D eigenvalue weighted by Crippen LogP contribution is 2.44. The van der Waals surface area contributed by atoms with Gasteiger partial charge in [-0.05, 0) is 12.3 Å². The number of nitrogens with two attached hydrogens (primary N) is 1. The molecule has 18 heavy (non-hydrogen) atoms. The second-order valence-corrected chi connectivity index (χ2v) is 4.68. The number of aliphatic hydroxyl groups excluding tert-OH is 2. The molecule has 3 rings (SSSR count). The lowest BCUT2D eigenvalue weighted by Crippen LogP contribution is -2.42. The van der Waals surface area contributed by atoms with E-state index in [1.54, 1.807) is 6.33 Å². The number of imidazole rings is 1. The molecule has 1 fully saturated rings. The van der Waals surface area contributed by atoms with Gasteiger partial charge < -0.3 is 20.5 Å². The van der Waals surface area contributed by atoms with Crippen molar-refractivity contribution in [1.82, 2.24) is 19.5 Å². The zero-order valence-corrected chi connectivity index (χ0v) is 9.77. The first-order valence-electron chi connectivity index (χ1n) is 5.91. The van der Waals surface area contributed by atoms with Gasteiger partial charge >= 0.3 is 0 Å². The number of nitrogen functional groups attached to an aromatic ring is 1. The monoisotopic (exact) mass is 249 g/mol. The Bertz CT molecular complexity index is 570. The molecule has 1 aliphatic carbocycles. The molecule has 7 nitrogen and oxygen atoms in total. The van der Waals surface area contributed by atoms with E-state index < -0.39 is 0 Å². The van der Waals surface area contributed by atoms with Gasteiger partial charge in [0.25, 0.3) is 0 Å². The van der Waals surface area contributed by atoms with Crippen LogP contribution in [0.25, 0.3) is 11.2 Å². The van der Waals surface area contributed by atoms with E-state index in [0.29, 0.717) is 17.0 Å². The molecule has 2 aromatic rings. The average molecular weight is 249 g/mol. The number of fused-ring (bicyclic) bond motifs is 1. The lowest BCUT2D eigenvalue weighted by atomic mass is 9.70. The number of nitrogens with zero attached hydrogens (tertiary/aromatic N) is 4. The van der Waals surface area contributed by atoms with Crippen molar-refractivity contribution in [3.63, 3.8) is 0 Å². The van der Waals surface area contributed by atoms with Gasteiger partial charge in [0, 0.05) is 25.2 Å². The Balaban J connectivity index is 1.99. The van der Waals surface area contributed by atoms with E-state index in [4.69, 9.17) is 5.73 Å². The minimum atomic E-state index is 0.0450. The normalized spacial score (nSPS) is 27.3. The molecule has 0 saturated heterocycles. The molecule has 1 unspecified atom stereocenters. The van der Waals surface area contributed by atoms with Crippen LogP contribution in [0.5, 0.6) is 0 Å². The molecule has 0 bridgehead atoms. The quantitative estimate of drug-likeness (QED) is 0.681. The first-order chi connectivity index (χ1) is 8.76. The summed E-state index contributed by atoms with van der Waals surface area (Å²) >= 11 is 0. The number of hydrogen-bond acceptors (Lipinski definition) is 6. The van der Waals surface area contributed by atoms with Crippen LogP contribution in [0, 0.1) is 11.8 Å². The third-order valence-corrected chi connectivity index (χ3v) is 3.83. The second kappa shape index (κ2) is 4.18. The summed E-state index contributed by atoms with van der Waals surface area (Å²) in [5.41, 5.74) is 7.00. The molecule has 2 aromatic heterocycles. The van der Waals surface area contributed by atoms with Crippen molar-refractivity contribution in [1.29, 1.82) is 0 Å². The minimum Gasteiger partial charge on any atom is -0.396 e. The lowest BCUT2D eigenvalue weighted by Gasteiger charge is -2.43. The molecule has 96 valence electrons. The molecule has 0 radical (unpaired) electrons. The zero-order chi connectivity index (χ0) is 12.7. The predicted octanol–water partition coefficient (Wildman–Crippen LogP) is -0.430. The van der Waals surface area contributed by atoms with E-state index in [1.807, 2.05) is 4.57 Å². The zero-order valence-electron chi connectivity index (χ0n) is 9.77. The highest BCUT2D eigenvalue weighted by Gasteiger charge is 2.41. The second-order valence-electron chi connectivity index (χ2n) is 4.68. The fourth-order valence-corrected chi connectivity index (χ4v) is 2.69. The standard InChI is InChI=1S/C11H15N5O2/c12-10-9-11(14-4-13-10)16(5-15-9)8-1-6(2-17)7(8)3-18/h4-8,17-18H,1-3H2,(H2,12,13,14)/t6-,7-,8?/m1/s1. The Morgan fingerprint density at radius 1 is 1.28 bits per heavy atom. The Labute approximate surface area is 103 Å². The van der Waals surface area contributed by atoms with Crippen LogP contribution in [-0.2, 0) is 0 Å². The first-order valence-corrected chi connectivity index (χ1v) is 5.91. The van der Waals surface area contributed by atoms with Gasteiger partial charge in [-0.1, -0.05) is 0 Å². The molecule has 1 saturated carbocycles. The van der Waals surface area contributed by atoms with E-state index in [9.17, 15) is 10.2 Å². The summed E-state index contributed by atoms with van der Waals surface area (Å²) in [6.45, 7) is 0.154. The van der Waals surface area contributed by atoms with Gasteiger partial charge in [0.15, 0.2) is 11.5 Å². The van der Waals surface area contributed by atoms with E-state index in [0.717, 1.165) is 6.42 Å². The molecule has 3 atom stereocenters. The van der Waals surface area contributed by atoms with Crippen molar-refractivity contribution in [3.05, 3.63) is 12.7 Å². The highest BCUT2D eigenvalue weighted by molar-refractivity contribution is 5.81. The van der Waals surface area contributed by atoms with E-state index in [-0.39, 0.29) is 31.1 Å². The molecular weight excluding hydrogens is 234 g/mol. The SMILES string of the molecule is Nc1ncnc2c1ncn2C1C[C@H](CO)[C@H]1CO. The summed E-state index contributed by atoms with van der Waals surface area (Å²) < 4.78 is 1.92. The summed E-state index contributed by atoms with van der Waals surface area (Å²) in [5, 5.41) is 18.6. The number of aromatic nitrogens is 4. The topological polar surface area (TPSA) is 110 Å². The molecule has 0 amide bonds. The summed E-state index contributed by atoms with van der Waals surface area (Å²) in [5.74, 6) is 0.553. The third kappa shape index (κ3) is 1.48. The smallest absolute Gasteiger partial charge is 0.165 e. The summed E-state index contributed by atoms with van der Waals surface area (Å²) in [6.07, 6.45) is 3.90. The summed E-state index contributed by atoms with van der Waals surface area (Å²) in [4.78, 5) is 12.3. The van der Waals surface area contributed by atoms with Gasteiger partial charge in [-0.15, -0.1) is 0 Å². The van der Waals surface area contributed by atoms with Crippen LogP contribution >= 0.6 is 0 Å². The van der Waals surface area contributed by atoms with Crippen LogP contribution in [0.4, 0.5) is 5.82 Å². The van der Waals surface area contributed by atoms with Gasteiger partial charge in [0.2, 0.25) is 0 Å². The Morgan fingerprint density at radius 2 is 2.11 bits per heavy atom. The van der Waals surface area contributed by atoms with Gasteiger partial charge in [-0.2, -0.15) is 0 Å². The Morgan fingerprint density at radius 3 is 2.83 bits per heavy atom. The van der Waals surface area contributed by atoms with Crippen molar-refractivity contribution < 1.29 is 10.2 Å². The fraction of sp³-hybridized carbons (Fsp3) is 0.545. The maximum atomic E-state index is 9.38. The highest BCUT2D eigenvalue weighted by atomic mass is 16.3. The van der Waals surface area contributed by atoms with Crippen LogP contribution in [0.3, 0.4) is 0 Å². The third-order valence-electron chi connectivity index (χ3n) is 3.83. The average Bonchev–Trinajstić information content (AvgIpc) is 2.75. The van der Waals surface area contributed by atoms with Gasteiger partial charge in [-0.25, -0.2) is 15.0 Å². The van der Waals surface area contributed by atoms with E-state index in [1.165, 1.54) is 6.33 Å². The predicted molar refractivity (Wildman–Crippen MR) is 64.5 cm³/mol. The number of hydrogen-bond donors (Lipinski definition) is 3. The molecule has 2 heterocycles. The van der Waals surface area contributed by atoms with Crippen LogP contribution in [0.15, 0.2) is 12.7 Å². The van der Waals surface area contributed by atoms with Crippen molar-refractivity contribution >= 4 is 17.0 Å². The van der Waals surface area contributed by atoms with Crippen molar-refractivity contribution in [3.8, 4) is 0 Å². The molecule has 1 aliphatic rings. The van der Waals surface area contributed by atoms with Crippen molar-refractivity contribution in [2.45, 2.75) is 12.5 Å². The van der Waals surface area contributed by atoms with Gasteiger partial charge in [0.1, 0.15) is 11.8 Å². The number of aliphatic hydroxyl groups is 2. The maximum Gasteiger partial charge on any atom is 0.165 e. The summed E-state index contributed by atoms with van der Waals surface area (Å²) in [6, 6.07) is 0.117. The van der Waals surface area contributed by atoms with Crippen LogP contribution in [0.2, 0.25) is 0 Å². The number of rotatable bonds is 3. The Hall–Kier alpha value is -1.73. The van der Waals surface area contributed by atoms with Gasteiger partial charge in [0.05, 0.1) is 6.33 Å². The van der Waals surface area contributed by atoms with Crippen molar-refractivity contribution in [2.75, 3.05) is 18.9 Å². The van der Waals surface area contributed by atoms with Crippen LogP contribution < -0.4 is 5.73 Å². The fourth-order valence-electron chi connectivity index (χ4n) is 2.69. The largest absolute Gasteiger partial charge is 0.396 e. The molecule has 0 aliphatic heterocycles. The maximum absolute atomic E-state index is 9.38. The molecular formula is C11H15N5O2. The summed E-state index contributed by atoms with van der Waals surface area (Å²) in [7, 11) is 0. The van der Waals surface area contributed by atoms with E-state index in [2.05, 4.69) is 15.0 Å². The molecule has 4 N–H and O–H groups in total. The Kier molecular flexibility index (Phi) is 2.64. The molecule has 0 aromatic carbocycles. The van der Waals surface area contributed by atoms with Gasteiger partial charge in [-0.3, -0.25) is 0 Å². The van der Waals surface area contributed by atoms with E-state index >= 15 is 0 Å². The van der Waals surface area contributed by atoms with Crippen LogP contribution in [0.1, 0.15) is 12.5 Å².